The SMILES string of the molecule is C=CC(=O)[Si]C. The van der Waals surface area contributed by atoms with Gasteiger partial charge in [-0.05, 0) is 6.08 Å². The minimum atomic E-state index is 0.134. The highest BCUT2D eigenvalue weighted by atomic mass is 28.2. The lowest BCUT2D eigenvalue weighted by Crippen LogP contribution is -1.97. The van der Waals surface area contributed by atoms with Crippen molar-refractivity contribution in [2.24, 2.45) is 0 Å². The predicted molar refractivity (Wildman–Crippen MR) is 26.8 cm³/mol. The van der Waals surface area contributed by atoms with Crippen LogP contribution in [0.3, 0.4) is 0 Å². The Hall–Kier alpha value is -0.373. The summed E-state index contributed by atoms with van der Waals surface area (Å²) in [5.41, 5.74) is 0. The maximum Gasteiger partial charge on any atom is 0.135 e. The van der Waals surface area contributed by atoms with Gasteiger partial charge in [-0.1, -0.05) is 13.1 Å². The molecule has 0 rings (SSSR count). The van der Waals surface area contributed by atoms with E-state index in [-0.39, 0.29) is 5.41 Å². The molecule has 0 aliphatic heterocycles. The second-order valence-corrected chi connectivity index (χ2v) is 1.81. The molecule has 0 fully saturated rings. The highest BCUT2D eigenvalue weighted by Gasteiger charge is 1.84. The first kappa shape index (κ1) is 5.63. The van der Waals surface area contributed by atoms with Crippen molar-refractivity contribution in [3.8, 4) is 0 Å². The maximum absolute atomic E-state index is 10.1. The molecular weight excluding hydrogens is 92.1 g/mol. The molecule has 0 saturated carbocycles. The third-order valence-corrected chi connectivity index (χ3v) is 1.13. The zero-order chi connectivity index (χ0) is 4.99. The molecule has 2 heteroatoms. The molecule has 0 aromatic heterocycles. The summed E-state index contributed by atoms with van der Waals surface area (Å²) in [6, 6.07) is 0. The van der Waals surface area contributed by atoms with E-state index in [2.05, 4.69) is 6.58 Å². The fraction of sp³-hybridized carbons (Fsp3) is 0.250. The van der Waals surface area contributed by atoms with Crippen molar-refractivity contribution in [1.29, 1.82) is 0 Å². The van der Waals surface area contributed by atoms with Crippen LogP contribution in [0.1, 0.15) is 0 Å². The summed E-state index contributed by atoms with van der Waals surface area (Å²) in [7, 11) is 0.375. The second-order valence-electron chi connectivity index (χ2n) is 0.818. The molecule has 1 nitrogen and oxygen atoms in total. The molecule has 0 bridgehead atoms. The lowest BCUT2D eigenvalue weighted by Gasteiger charge is -1.73. The fourth-order valence-corrected chi connectivity index (χ4v) is 0.306. The molecule has 0 aliphatic carbocycles. The van der Waals surface area contributed by atoms with E-state index in [1.807, 2.05) is 6.55 Å². The highest BCUT2D eigenvalue weighted by Crippen LogP contribution is 1.64. The van der Waals surface area contributed by atoms with Crippen LogP contribution in [0.25, 0.3) is 0 Å². The molecule has 0 aromatic carbocycles. The van der Waals surface area contributed by atoms with E-state index < -0.39 is 0 Å². The molecule has 6 heavy (non-hydrogen) atoms. The predicted octanol–water partition coefficient (Wildman–Crippen LogP) is 0.451. The number of carbonyl (C=O) groups is 1. The average molecular weight is 98.2 g/mol. The Morgan fingerprint density at radius 3 is 2.50 bits per heavy atom. The Morgan fingerprint density at radius 2 is 2.50 bits per heavy atom. The summed E-state index contributed by atoms with van der Waals surface area (Å²) in [5.74, 6) is 0. The largest absolute Gasteiger partial charge is 0.301 e. The van der Waals surface area contributed by atoms with Gasteiger partial charge in [0.05, 0.1) is 0 Å². The molecule has 0 aliphatic rings. The maximum atomic E-state index is 10.1. The number of rotatable bonds is 2. The van der Waals surface area contributed by atoms with E-state index in [1.54, 1.807) is 0 Å². The van der Waals surface area contributed by atoms with Crippen LogP contribution < -0.4 is 0 Å². The van der Waals surface area contributed by atoms with E-state index in [4.69, 9.17) is 0 Å². The Morgan fingerprint density at radius 1 is 2.00 bits per heavy atom. The molecule has 32 valence electrons. The molecule has 0 atom stereocenters. The van der Waals surface area contributed by atoms with Crippen molar-refractivity contribution in [2.75, 3.05) is 0 Å². The van der Waals surface area contributed by atoms with Crippen LogP contribution in [0.2, 0.25) is 6.55 Å². The summed E-state index contributed by atoms with van der Waals surface area (Å²) in [6.45, 7) is 5.13. The van der Waals surface area contributed by atoms with E-state index in [9.17, 15) is 4.79 Å². The Labute approximate surface area is 39.9 Å². The van der Waals surface area contributed by atoms with E-state index in [1.165, 1.54) is 6.08 Å². The second kappa shape index (κ2) is 2.84. The summed E-state index contributed by atoms with van der Waals surface area (Å²) in [5, 5.41) is 0.134. The van der Waals surface area contributed by atoms with Gasteiger partial charge in [0.25, 0.3) is 0 Å². The van der Waals surface area contributed by atoms with Crippen LogP contribution in [0, 0.1) is 0 Å². The minimum absolute atomic E-state index is 0.134. The molecule has 2 radical (unpaired) electrons. The van der Waals surface area contributed by atoms with E-state index in [0.29, 0.717) is 9.52 Å². The number of carbonyl (C=O) groups excluding carboxylic acids is 1. The lowest BCUT2D eigenvalue weighted by atomic mass is 10.7. The first-order chi connectivity index (χ1) is 2.81. The first-order valence-electron chi connectivity index (χ1n) is 1.65. The molecule has 0 unspecified atom stereocenters. The van der Waals surface area contributed by atoms with Crippen molar-refractivity contribution < 1.29 is 4.79 Å². The fourth-order valence-electron chi connectivity index (χ4n) is 0.102. The van der Waals surface area contributed by atoms with Gasteiger partial charge in [0.2, 0.25) is 0 Å². The van der Waals surface area contributed by atoms with Crippen LogP contribution in [-0.2, 0) is 4.79 Å². The van der Waals surface area contributed by atoms with Gasteiger partial charge in [-0.15, -0.1) is 0 Å². The molecule has 0 heterocycles. The van der Waals surface area contributed by atoms with Crippen molar-refractivity contribution in [2.45, 2.75) is 6.55 Å². The topological polar surface area (TPSA) is 17.1 Å². The van der Waals surface area contributed by atoms with Gasteiger partial charge in [-0.3, -0.25) is 0 Å². The molecule has 0 saturated heterocycles. The Balaban J connectivity index is 3.23. The van der Waals surface area contributed by atoms with Gasteiger partial charge in [0.15, 0.2) is 0 Å². The Bertz CT molecular complexity index is 67.9. The third-order valence-electron chi connectivity index (χ3n) is 0.432. The van der Waals surface area contributed by atoms with Crippen molar-refractivity contribution in [1.82, 2.24) is 0 Å². The zero-order valence-electron chi connectivity index (χ0n) is 3.69. The molecule has 0 spiro atoms. The van der Waals surface area contributed by atoms with Gasteiger partial charge in [0, 0.05) is 0 Å². The normalized spacial score (nSPS) is 7.50. The van der Waals surface area contributed by atoms with Crippen LogP contribution in [-0.4, -0.2) is 14.9 Å². The summed E-state index contributed by atoms with van der Waals surface area (Å²) in [4.78, 5) is 10.1. The van der Waals surface area contributed by atoms with Crippen molar-refractivity contribution in [3.05, 3.63) is 12.7 Å². The minimum Gasteiger partial charge on any atom is -0.301 e. The van der Waals surface area contributed by atoms with Gasteiger partial charge in [-0.2, -0.15) is 0 Å². The summed E-state index contributed by atoms with van der Waals surface area (Å²) >= 11 is 0. The van der Waals surface area contributed by atoms with Crippen molar-refractivity contribution >= 4 is 14.9 Å². The summed E-state index contributed by atoms with van der Waals surface area (Å²) < 4.78 is 0. The average Bonchev–Trinajstić information content (AvgIpc) is 1.65. The summed E-state index contributed by atoms with van der Waals surface area (Å²) in [6.07, 6.45) is 1.35. The van der Waals surface area contributed by atoms with Crippen LogP contribution in [0.4, 0.5) is 0 Å². The van der Waals surface area contributed by atoms with Crippen LogP contribution in [0.15, 0.2) is 12.7 Å². The van der Waals surface area contributed by atoms with Crippen LogP contribution in [0.5, 0.6) is 0 Å². The van der Waals surface area contributed by atoms with Gasteiger partial charge in [-0.25, -0.2) is 0 Å². The number of allylic oxidation sites excluding steroid dienone is 1. The first-order valence-corrected chi connectivity index (χ1v) is 3.15. The smallest absolute Gasteiger partial charge is 0.135 e. The molecular formula is C4H6OSi. The van der Waals surface area contributed by atoms with Gasteiger partial charge < -0.3 is 4.79 Å². The van der Waals surface area contributed by atoms with Gasteiger partial charge in [0.1, 0.15) is 14.9 Å². The number of hydrogen-bond donors (Lipinski definition) is 0. The van der Waals surface area contributed by atoms with E-state index >= 15 is 0 Å². The molecule has 0 N–H and O–H groups in total. The quantitative estimate of drug-likeness (QED) is 0.362. The molecule has 0 aromatic rings. The van der Waals surface area contributed by atoms with Crippen LogP contribution >= 0.6 is 0 Å². The van der Waals surface area contributed by atoms with Crippen molar-refractivity contribution in [3.63, 3.8) is 0 Å². The van der Waals surface area contributed by atoms with Gasteiger partial charge >= 0.3 is 0 Å². The van der Waals surface area contributed by atoms with E-state index in [0.717, 1.165) is 0 Å². The monoisotopic (exact) mass is 98.0 g/mol. The Kier molecular flexibility index (Phi) is 2.67. The standard InChI is InChI=1S/C4H6OSi/c1-3-4(5)6-2/h3H,1H2,2H3. The lowest BCUT2D eigenvalue weighted by molar-refractivity contribution is -0.108. The molecule has 0 amide bonds. The zero-order valence-corrected chi connectivity index (χ0v) is 4.69. The third kappa shape index (κ3) is 1.90. The number of hydrogen-bond acceptors (Lipinski definition) is 1. The highest BCUT2D eigenvalue weighted by molar-refractivity contribution is 6.75.